The molecule has 0 aliphatic carbocycles. The number of rotatable bonds is 2. The highest BCUT2D eigenvalue weighted by Crippen LogP contribution is 2.30. The molecule has 0 fully saturated rings. The van der Waals surface area contributed by atoms with Crippen molar-refractivity contribution < 1.29 is 4.79 Å². The summed E-state index contributed by atoms with van der Waals surface area (Å²) in [5.74, 6) is 0. The first-order valence-corrected chi connectivity index (χ1v) is 5.95. The molecule has 86 valence electrons. The van der Waals surface area contributed by atoms with E-state index in [4.69, 9.17) is 34.8 Å². The standard InChI is InChI=1S/C13H7Cl3O/c14-10-1-2-13(9(5-10)7-17)8-3-11(15)6-12(16)4-8/h1-7H. The van der Waals surface area contributed by atoms with Crippen LogP contribution in [0.1, 0.15) is 10.4 Å². The molecule has 0 N–H and O–H groups in total. The van der Waals surface area contributed by atoms with Crippen molar-refractivity contribution in [3.8, 4) is 11.1 Å². The van der Waals surface area contributed by atoms with E-state index >= 15 is 0 Å². The minimum Gasteiger partial charge on any atom is -0.298 e. The monoisotopic (exact) mass is 284 g/mol. The fourth-order valence-electron chi connectivity index (χ4n) is 1.60. The quantitative estimate of drug-likeness (QED) is 0.699. The van der Waals surface area contributed by atoms with E-state index in [1.165, 1.54) is 0 Å². The molecule has 0 radical (unpaired) electrons. The van der Waals surface area contributed by atoms with Crippen LogP contribution >= 0.6 is 34.8 Å². The fraction of sp³-hybridized carbons (Fsp3) is 0. The van der Waals surface area contributed by atoms with Gasteiger partial charge in [-0.25, -0.2) is 0 Å². The SMILES string of the molecule is O=Cc1cc(Cl)ccc1-c1cc(Cl)cc(Cl)c1. The van der Waals surface area contributed by atoms with Crippen LogP contribution in [0.3, 0.4) is 0 Å². The Morgan fingerprint density at radius 1 is 0.824 bits per heavy atom. The van der Waals surface area contributed by atoms with Gasteiger partial charge < -0.3 is 0 Å². The summed E-state index contributed by atoms with van der Waals surface area (Å²) in [5.41, 5.74) is 2.06. The summed E-state index contributed by atoms with van der Waals surface area (Å²) in [6.45, 7) is 0. The van der Waals surface area contributed by atoms with Crippen LogP contribution in [-0.4, -0.2) is 6.29 Å². The second-order valence-electron chi connectivity index (χ2n) is 3.51. The van der Waals surface area contributed by atoms with Gasteiger partial charge in [0.15, 0.2) is 6.29 Å². The Balaban J connectivity index is 2.63. The van der Waals surface area contributed by atoms with Crippen LogP contribution in [-0.2, 0) is 0 Å². The topological polar surface area (TPSA) is 17.1 Å². The lowest BCUT2D eigenvalue weighted by Crippen LogP contribution is -1.87. The Hall–Kier alpha value is -1.02. The van der Waals surface area contributed by atoms with Crippen LogP contribution in [0.15, 0.2) is 36.4 Å². The molecule has 0 amide bonds. The number of hydrogen-bond acceptors (Lipinski definition) is 1. The van der Waals surface area contributed by atoms with Crippen molar-refractivity contribution in [3.63, 3.8) is 0 Å². The molecule has 0 unspecified atom stereocenters. The minimum atomic E-state index is 0.510. The maximum absolute atomic E-state index is 11.0. The summed E-state index contributed by atoms with van der Waals surface area (Å²) >= 11 is 17.7. The van der Waals surface area contributed by atoms with Gasteiger partial charge in [-0.3, -0.25) is 4.79 Å². The van der Waals surface area contributed by atoms with Gasteiger partial charge in [0.05, 0.1) is 0 Å². The predicted octanol–water partition coefficient (Wildman–Crippen LogP) is 5.13. The summed E-state index contributed by atoms with van der Waals surface area (Å²) in [6.07, 6.45) is 0.760. The smallest absolute Gasteiger partial charge is 0.150 e. The van der Waals surface area contributed by atoms with Gasteiger partial charge in [0.2, 0.25) is 0 Å². The Labute approximate surface area is 114 Å². The molecule has 2 aromatic rings. The van der Waals surface area contributed by atoms with Crippen molar-refractivity contribution in [1.82, 2.24) is 0 Å². The lowest BCUT2D eigenvalue weighted by Gasteiger charge is -2.07. The Bertz CT molecular complexity index is 559. The van der Waals surface area contributed by atoms with Gasteiger partial charge in [-0.05, 0) is 41.5 Å². The molecule has 0 spiro atoms. The Morgan fingerprint density at radius 2 is 1.47 bits per heavy atom. The average Bonchev–Trinajstić information content (AvgIpc) is 2.27. The molecule has 0 heterocycles. The second-order valence-corrected chi connectivity index (χ2v) is 4.82. The fourth-order valence-corrected chi connectivity index (χ4v) is 2.31. The van der Waals surface area contributed by atoms with Crippen LogP contribution in [0.4, 0.5) is 0 Å². The first-order valence-electron chi connectivity index (χ1n) is 4.81. The predicted molar refractivity (Wildman–Crippen MR) is 72.3 cm³/mol. The van der Waals surface area contributed by atoms with Crippen LogP contribution in [0.2, 0.25) is 15.1 Å². The van der Waals surface area contributed by atoms with Crippen LogP contribution in [0.5, 0.6) is 0 Å². The molecule has 0 atom stereocenters. The highest BCUT2D eigenvalue weighted by atomic mass is 35.5. The van der Waals surface area contributed by atoms with Gasteiger partial charge in [0, 0.05) is 20.6 Å². The normalized spacial score (nSPS) is 10.3. The van der Waals surface area contributed by atoms with Crippen LogP contribution in [0, 0.1) is 0 Å². The molecule has 2 aromatic carbocycles. The van der Waals surface area contributed by atoms with E-state index in [9.17, 15) is 4.79 Å². The zero-order valence-electron chi connectivity index (χ0n) is 8.58. The van der Waals surface area contributed by atoms with Crippen LogP contribution in [0.25, 0.3) is 11.1 Å². The van der Waals surface area contributed by atoms with Crippen molar-refractivity contribution in [2.45, 2.75) is 0 Å². The van der Waals surface area contributed by atoms with Gasteiger partial charge in [0.1, 0.15) is 0 Å². The summed E-state index contributed by atoms with van der Waals surface area (Å²) < 4.78 is 0. The Morgan fingerprint density at radius 3 is 2.06 bits per heavy atom. The lowest BCUT2D eigenvalue weighted by atomic mass is 10.0. The zero-order valence-corrected chi connectivity index (χ0v) is 10.9. The van der Waals surface area contributed by atoms with Gasteiger partial charge in [0.25, 0.3) is 0 Å². The van der Waals surface area contributed by atoms with E-state index in [1.54, 1.807) is 36.4 Å². The number of benzene rings is 2. The summed E-state index contributed by atoms with van der Waals surface area (Å²) in [5, 5.41) is 1.57. The molecule has 0 saturated carbocycles. The molecule has 2 rings (SSSR count). The largest absolute Gasteiger partial charge is 0.298 e. The third kappa shape index (κ3) is 2.81. The number of carbonyl (C=O) groups is 1. The zero-order chi connectivity index (χ0) is 12.4. The molecular weight excluding hydrogens is 279 g/mol. The number of aldehydes is 1. The highest BCUT2D eigenvalue weighted by molar-refractivity contribution is 6.35. The summed E-state index contributed by atoms with van der Waals surface area (Å²) in [6, 6.07) is 10.3. The molecule has 0 aliphatic rings. The molecule has 0 saturated heterocycles. The molecule has 0 aromatic heterocycles. The van der Waals surface area contributed by atoms with E-state index in [1.807, 2.05) is 0 Å². The average molecular weight is 286 g/mol. The van der Waals surface area contributed by atoms with E-state index in [0.717, 1.165) is 17.4 Å². The molecule has 4 heteroatoms. The summed E-state index contributed by atoms with van der Waals surface area (Å²) in [4.78, 5) is 11.0. The van der Waals surface area contributed by atoms with Gasteiger partial charge in [-0.15, -0.1) is 0 Å². The molecular formula is C13H7Cl3O. The first-order chi connectivity index (χ1) is 8.10. The molecule has 0 aliphatic heterocycles. The highest BCUT2D eigenvalue weighted by Gasteiger charge is 2.07. The maximum Gasteiger partial charge on any atom is 0.150 e. The van der Waals surface area contributed by atoms with Crippen molar-refractivity contribution >= 4 is 41.1 Å². The number of carbonyl (C=O) groups excluding carboxylic acids is 1. The molecule has 0 bridgehead atoms. The first kappa shape index (κ1) is 12.4. The van der Waals surface area contributed by atoms with E-state index in [-0.39, 0.29) is 0 Å². The minimum absolute atomic E-state index is 0.510. The lowest BCUT2D eigenvalue weighted by molar-refractivity contribution is 0.112. The molecule has 1 nitrogen and oxygen atoms in total. The third-order valence-electron chi connectivity index (χ3n) is 2.31. The van der Waals surface area contributed by atoms with Gasteiger partial charge in [-0.2, -0.15) is 0 Å². The summed E-state index contributed by atoms with van der Waals surface area (Å²) in [7, 11) is 0. The van der Waals surface area contributed by atoms with Gasteiger partial charge >= 0.3 is 0 Å². The second kappa shape index (κ2) is 5.09. The maximum atomic E-state index is 11.0. The molecule has 17 heavy (non-hydrogen) atoms. The van der Waals surface area contributed by atoms with E-state index in [2.05, 4.69) is 0 Å². The van der Waals surface area contributed by atoms with E-state index in [0.29, 0.717) is 20.6 Å². The van der Waals surface area contributed by atoms with Gasteiger partial charge in [-0.1, -0.05) is 40.9 Å². The third-order valence-corrected chi connectivity index (χ3v) is 2.99. The van der Waals surface area contributed by atoms with Crippen molar-refractivity contribution in [1.29, 1.82) is 0 Å². The number of halogens is 3. The van der Waals surface area contributed by atoms with Crippen molar-refractivity contribution in [2.24, 2.45) is 0 Å². The number of hydrogen-bond donors (Lipinski definition) is 0. The Kier molecular flexibility index (Phi) is 3.72. The van der Waals surface area contributed by atoms with Crippen molar-refractivity contribution in [3.05, 3.63) is 57.0 Å². The van der Waals surface area contributed by atoms with E-state index < -0.39 is 0 Å². The van der Waals surface area contributed by atoms with Crippen LogP contribution < -0.4 is 0 Å². The van der Waals surface area contributed by atoms with Crippen molar-refractivity contribution in [2.75, 3.05) is 0 Å².